The molecule has 8 nitrogen and oxygen atoms in total. The maximum absolute atomic E-state index is 14.1. The number of alkyl carbamates (subject to hydrolysis) is 1. The second-order valence-electron chi connectivity index (χ2n) is 10.2. The number of carbonyl (C=O) groups is 4. The summed E-state index contributed by atoms with van der Waals surface area (Å²) >= 11 is 0. The van der Waals surface area contributed by atoms with Gasteiger partial charge >= 0.3 is 6.09 Å². The van der Waals surface area contributed by atoms with Gasteiger partial charge in [0.05, 0.1) is 0 Å². The first-order valence-electron chi connectivity index (χ1n) is 11.7. The fourth-order valence-electron chi connectivity index (χ4n) is 6.19. The third-order valence-electron chi connectivity index (χ3n) is 7.81. The second-order valence-corrected chi connectivity index (χ2v) is 10.2. The minimum absolute atomic E-state index is 0.000649. The number of nitrogens with one attached hydrogen (secondary N) is 2. The van der Waals surface area contributed by atoms with E-state index in [-0.39, 0.29) is 41.6 Å². The van der Waals surface area contributed by atoms with Crippen molar-refractivity contribution in [3.63, 3.8) is 0 Å². The molecule has 0 radical (unpaired) electrons. The number of hydrogen-bond donors (Lipinski definition) is 2. The van der Waals surface area contributed by atoms with Crippen molar-refractivity contribution < 1.29 is 28.3 Å². The van der Waals surface area contributed by atoms with Crippen molar-refractivity contribution in [3.8, 4) is 0 Å². The van der Waals surface area contributed by atoms with Gasteiger partial charge in [-0.05, 0) is 54.5 Å². The molecule has 2 aliphatic heterocycles. The highest BCUT2D eigenvalue weighted by molar-refractivity contribution is 6.05. The molecule has 2 aromatic rings. The summed E-state index contributed by atoms with van der Waals surface area (Å²) in [5.74, 6) is -1.25. The molecule has 180 valence electrons. The van der Waals surface area contributed by atoms with Crippen LogP contribution in [0.3, 0.4) is 0 Å². The largest absolute Gasteiger partial charge is 0.445 e. The molecule has 0 aromatic heterocycles. The molecule has 4 fully saturated rings. The van der Waals surface area contributed by atoms with Gasteiger partial charge in [0.2, 0.25) is 11.8 Å². The summed E-state index contributed by atoms with van der Waals surface area (Å²) in [7, 11) is 0. The molecule has 3 aliphatic carbocycles. The molecule has 1 atom stereocenters. The third kappa shape index (κ3) is 3.48. The molecule has 1 unspecified atom stereocenters. The molecule has 0 spiro atoms. The molecule has 5 aliphatic rings. The smallest absolute Gasteiger partial charge is 0.407 e. The van der Waals surface area contributed by atoms with Gasteiger partial charge in [-0.3, -0.25) is 19.7 Å². The van der Waals surface area contributed by atoms with E-state index in [0.29, 0.717) is 48.9 Å². The Morgan fingerprint density at radius 3 is 2.66 bits per heavy atom. The topological polar surface area (TPSA) is 105 Å². The number of rotatable bonds is 5. The van der Waals surface area contributed by atoms with Crippen molar-refractivity contribution in [2.45, 2.75) is 62.3 Å². The van der Waals surface area contributed by atoms with Crippen molar-refractivity contribution in [3.05, 3.63) is 70.5 Å². The Balaban J connectivity index is 1.04. The monoisotopic (exact) mass is 477 g/mol. The average molecular weight is 477 g/mol. The SMILES string of the molecule is O=C1CCC(N2Cc3ccc(COC(=O)NC45CC(c6ccccc6F)(C4)C5)cc3C2=O)C(=O)N1. The number of nitrogens with zero attached hydrogens (tertiary/aromatic N) is 1. The predicted molar refractivity (Wildman–Crippen MR) is 120 cm³/mol. The van der Waals surface area contributed by atoms with Crippen LogP contribution in [0.1, 0.15) is 59.2 Å². The highest BCUT2D eigenvalue weighted by Crippen LogP contribution is 2.68. The zero-order valence-corrected chi connectivity index (χ0v) is 18.9. The summed E-state index contributed by atoms with van der Waals surface area (Å²) in [6.45, 7) is 0.299. The van der Waals surface area contributed by atoms with Gasteiger partial charge in [-0.1, -0.05) is 30.3 Å². The molecule has 2 N–H and O–H groups in total. The Bertz CT molecular complexity index is 1270. The van der Waals surface area contributed by atoms with E-state index >= 15 is 0 Å². The van der Waals surface area contributed by atoms with Gasteiger partial charge in [0.25, 0.3) is 5.91 Å². The lowest BCUT2D eigenvalue weighted by Gasteiger charge is -2.70. The fraction of sp³-hybridized carbons (Fsp3) is 0.385. The number of benzene rings is 2. The molecule has 2 heterocycles. The highest BCUT2D eigenvalue weighted by atomic mass is 19.1. The van der Waals surface area contributed by atoms with Gasteiger partial charge in [-0.2, -0.15) is 0 Å². The van der Waals surface area contributed by atoms with Gasteiger partial charge in [0.15, 0.2) is 0 Å². The number of imide groups is 1. The second kappa shape index (κ2) is 7.63. The van der Waals surface area contributed by atoms with Crippen molar-refractivity contribution in [2.75, 3.05) is 0 Å². The van der Waals surface area contributed by atoms with Gasteiger partial charge in [0.1, 0.15) is 18.5 Å². The maximum Gasteiger partial charge on any atom is 0.407 e. The number of halogens is 1. The number of carbonyl (C=O) groups excluding carboxylic acids is 4. The number of amides is 4. The third-order valence-corrected chi connectivity index (χ3v) is 7.81. The van der Waals surface area contributed by atoms with E-state index in [1.165, 1.54) is 11.0 Å². The van der Waals surface area contributed by atoms with E-state index in [0.717, 1.165) is 5.56 Å². The number of ether oxygens (including phenoxy) is 1. The summed E-state index contributed by atoms with van der Waals surface area (Å²) in [6.07, 6.45) is 2.05. The van der Waals surface area contributed by atoms with Gasteiger partial charge in [-0.15, -0.1) is 0 Å². The van der Waals surface area contributed by atoms with Crippen LogP contribution in [0.2, 0.25) is 0 Å². The molecular weight excluding hydrogens is 453 g/mol. The molecule has 2 bridgehead atoms. The summed E-state index contributed by atoms with van der Waals surface area (Å²) in [5, 5.41) is 5.22. The molecule has 7 rings (SSSR count). The van der Waals surface area contributed by atoms with Crippen LogP contribution in [0, 0.1) is 5.82 Å². The molecule has 1 saturated heterocycles. The Morgan fingerprint density at radius 2 is 1.91 bits per heavy atom. The van der Waals surface area contributed by atoms with Gasteiger partial charge < -0.3 is 15.0 Å². The molecular formula is C26H24FN3O5. The number of piperidine rings is 1. The molecule has 9 heteroatoms. The number of fused-ring (bicyclic) bond motifs is 1. The van der Waals surface area contributed by atoms with Crippen LogP contribution in [0.25, 0.3) is 0 Å². The normalized spacial score (nSPS) is 28.5. The molecule has 3 saturated carbocycles. The van der Waals surface area contributed by atoms with Gasteiger partial charge in [0, 0.05) is 29.5 Å². The standard InChI is InChI=1S/C26H24FN3O5/c27-19-4-2-1-3-18(19)25-12-26(13-25,14-25)29-24(34)35-11-15-5-6-16-10-30(23(33)17(16)9-15)20-7-8-21(31)28-22(20)32/h1-6,9,20H,7-8,10-14H2,(H,29,34)(H,28,31,32). The van der Waals surface area contributed by atoms with Crippen LogP contribution in [-0.2, 0) is 32.9 Å². The zero-order valence-electron chi connectivity index (χ0n) is 18.9. The Kier molecular flexibility index (Phi) is 4.74. The van der Waals surface area contributed by atoms with E-state index < -0.39 is 18.0 Å². The highest BCUT2D eigenvalue weighted by Gasteiger charge is 2.69. The van der Waals surface area contributed by atoms with Gasteiger partial charge in [-0.25, -0.2) is 9.18 Å². The first kappa shape index (κ1) is 21.8. The summed E-state index contributed by atoms with van der Waals surface area (Å²) in [4.78, 5) is 50.4. The average Bonchev–Trinajstić information content (AvgIpc) is 3.10. The Hall–Kier alpha value is -3.75. The fourth-order valence-corrected chi connectivity index (χ4v) is 6.19. The first-order valence-corrected chi connectivity index (χ1v) is 11.7. The summed E-state index contributed by atoms with van der Waals surface area (Å²) < 4.78 is 19.5. The van der Waals surface area contributed by atoms with Crippen molar-refractivity contribution in [2.24, 2.45) is 0 Å². The minimum Gasteiger partial charge on any atom is -0.445 e. The van der Waals surface area contributed by atoms with E-state index in [9.17, 15) is 23.6 Å². The lowest BCUT2D eigenvalue weighted by molar-refractivity contribution is -0.136. The quantitative estimate of drug-likeness (QED) is 0.645. The minimum atomic E-state index is -0.668. The molecule has 2 aromatic carbocycles. The maximum atomic E-state index is 14.1. The molecule has 35 heavy (non-hydrogen) atoms. The van der Waals surface area contributed by atoms with Crippen LogP contribution in [0.4, 0.5) is 9.18 Å². The first-order chi connectivity index (χ1) is 16.8. The van der Waals surface area contributed by atoms with Crippen molar-refractivity contribution in [1.82, 2.24) is 15.5 Å². The Labute approximate surface area is 200 Å². The molecule has 4 amide bonds. The van der Waals surface area contributed by atoms with E-state index in [1.807, 2.05) is 12.1 Å². The number of hydrogen-bond acceptors (Lipinski definition) is 5. The van der Waals surface area contributed by atoms with Crippen LogP contribution < -0.4 is 10.6 Å². The Morgan fingerprint density at radius 1 is 1.14 bits per heavy atom. The van der Waals surface area contributed by atoms with E-state index in [4.69, 9.17) is 4.74 Å². The zero-order chi connectivity index (χ0) is 24.4. The van der Waals surface area contributed by atoms with E-state index in [1.54, 1.807) is 24.3 Å². The van der Waals surface area contributed by atoms with Crippen LogP contribution in [-0.4, -0.2) is 40.3 Å². The lowest BCUT2D eigenvalue weighted by atomic mass is 9.37. The summed E-state index contributed by atoms with van der Waals surface area (Å²) in [6, 6.07) is 11.4. The van der Waals surface area contributed by atoms with Crippen LogP contribution in [0.15, 0.2) is 42.5 Å². The lowest BCUT2D eigenvalue weighted by Crippen LogP contribution is -2.76. The van der Waals surface area contributed by atoms with Crippen LogP contribution in [0.5, 0.6) is 0 Å². The summed E-state index contributed by atoms with van der Waals surface area (Å²) in [5.41, 5.74) is 2.12. The van der Waals surface area contributed by atoms with Crippen molar-refractivity contribution in [1.29, 1.82) is 0 Å². The van der Waals surface area contributed by atoms with Crippen LogP contribution >= 0.6 is 0 Å². The van der Waals surface area contributed by atoms with E-state index in [2.05, 4.69) is 10.6 Å². The van der Waals surface area contributed by atoms with Crippen molar-refractivity contribution >= 4 is 23.8 Å². The predicted octanol–water partition coefficient (Wildman–Crippen LogP) is 2.69.